The third-order valence-electron chi connectivity index (χ3n) is 3.04. The molecule has 0 saturated carbocycles. The van der Waals surface area contributed by atoms with Crippen LogP contribution >= 0.6 is 11.8 Å². The lowest BCUT2D eigenvalue weighted by molar-refractivity contribution is 0.358. The quantitative estimate of drug-likeness (QED) is 0.763. The highest BCUT2D eigenvalue weighted by atomic mass is 32.2. The molecule has 1 fully saturated rings. The van der Waals surface area contributed by atoms with E-state index in [1.54, 1.807) is 6.08 Å². The largest absolute Gasteiger partial charge is 0.489 e. The molecule has 1 atom stereocenters. The van der Waals surface area contributed by atoms with Gasteiger partial charge in [-0.25, -0.2) is 0 Å². The fraction of sp³-hybridized carbons (Fsp3) is 0.467. The van der Waals surface area contributed by atoms with Gasteiger partial charge in [0.15, 0.2) is 0 Å². The maximum Gasteiger partial charge on any atom is 0.124 e. The number of nitrogens with one attached hydrogen (secondary N) is 1. The van der Waals surface area contributed by atoms with Gasteiger partial charge in [-0.05, 0) is 24.7 Å². The summed E-state index contributed by atoms with van der Waals surface area (Å²) in [4.78, 5) is 0. The van der Waals surface area contributed by atoms with Crippen molar-refractivity contribution in [3.63, 3.8) is 0 Å². The Bertz CT molecular complexity index is 375. The SMILES string of the molecule is C=CCOc1ccccc1CNCC1CCCS1. The number of rotatable bonds is 7. The van der Waals surface area contributed by atoms with Gasteiger partial charge in [0.1, 0.15) is 12.4 Å². The molecule has 2 rings (SSSR count). The smallest absolute Gasteiger partial charge is 0.124 e. The van der Waals surface area contributed by atoms with E-state index in [0.717, 1.165) is 24.1 Å². The molecule has 1 aliphatic heterocycles. The minimum absolute atomic E-state index is 0.565. The first-order valence-electron chi connectivity index (χ1n) is 6.54. The van der Waals surface area contributed by atoms with Crippen molar-refractivity contribution in [2.45, 2.75) is 24.6 Å². The van der Waals surface area contributed by atoms with E-state index in [-0.39, 0.29) is 0 Å². The predicted octanol–water partition coefficient (Wildman–Crippen LogP) is 3.24. The minimum atomic E-state index is 0.565. The highest BCUT2D eigenvalue weighted by Gasteiger charge is 2.14. The van der Waals surface area contributed by atoms with Crippen LogP contribution in [0.4, 0.5) is 0 Å². The third kappa shape index (κ3) is 4.07. The molecular formula is C15H21NOS. The van der Waals surface area contributed by atoms with Crippen molar-refractivity contribution in [3.05, 3.63) is 42.5 Å². The second-order valence-electron chi connectivity index (χ2n) is 4.47. The summed E-state index contributed by atoms with van der Waals surface area (Å²) >= 11 is 2.09. The number of para-hydroxylation sites is 1. The molecule has 1 saturated heterocycles. The summed E-state index contributed by atoms with van der Waals surface area (Å²) in [6.07, 6.45) is 4.50. The molecule has 98 valence electrons. The van der Waals surface area contributed by atoms with Gasteiger partial charge in [0.25, 0.3) is 0 Å². The van der Waals surface area contributed by atoms with Crippen LogP contribution in [0.5, 0.6) is 5.75 Å². The van der Waals surface area contributed by atoms with Gasteiger partial charge in [0, 0.05) is 23.9 Å². The Morgan fingerprint density at radius 3 is 3.11 bits per heavy atom. The van der Waals surface area contributed by atoms with Crippen molar-refractivity contribution in [1.82, 2.24) is 5.32 Å². The molecule has 0 radical (unpaired) electrons. The van der Waals surface area contributed by atoms with E-state index in [4.69, 9.17) is 4.74 Å². The van der Waals surface area contributed by atoms with E-state index in [1.807, 2.05) is 12.1 Å². The second-order valence-corrected chi connectivity index (χ2v) is 5.88. The Hall–Kier alpha value is -0.930. The van der Waals surface area contributed by atoms with E-state index in [9.17, 15) is 0 Å². The van der Waals surface area contributed by atoms with Crippen LogP contribution in [0.2, 0.25) is 0 Å². The van der Waals surface area contributed by atoms with Crippen molar-refractivity contribution >= 4 is 11.8 Å². The van der Waals surface area contributed by atoms with Crippen LogP contribution in [0.1, 0.15) is 18.4 Å². The molecule has 18 heavy (non-hydrogen) atoms. The molecule has 0 bridgehead atoms. The van der Waals surface area contributed by atoms with Gasteiger partial charge in [0.05, 0.1) is 0 Å². The number of hydrogen-bond acceptors (Lipinski definition) is 3. The van der Waals surface area contributed by atoms with Gasteiger partial charge in [0.2, 0.25) is 0 Å². The summed E-state index contributed by atoms with van der Waals surface area (Å²) in [5, 5.41) is 4.33. The Morgan fingerprint density at radius 1 is 1.44 bits per heavy atom. The minimum Gasteiger partial charge on any atom is -0.489 e. The van der Waals surface area contributed by atoms with Gasteiger partial charge in [-0.2, -0.15) is 11.8 Å². The number of benzene rings is 1. The fourth-order valence-electron chi connectivity index (χ4n) is 2.11. The van der Waals surface area contributed by atoms with E-state index >= 15 is 0 Å². The van der Waals surface area contributed by atoms with Crippen LogP contribution < -0.4 is 10.1 Å². The normalized spacial score (nSPS) is 18.8. The predicted molar refractivity (Wildman–Crippen MR) is 79.3 cm³/mol. The van der Waals surface area contributed by atoms with Gasteiger partial charge >= 0.3 is 0 Å². The van der Waals surface area contributed by atoms with E-state index < -0.39 is 0 Å². The zero-order valence-corrected chi connectivity index (χ0v) is 11.5. The first-order valence-corrected chi connectivity index (χ1v) is 7.59. The molecule has 0 aliphatic carbocycles. The molecule has 1 aliphatic rings. The van der Waals surface area contributed by atoms with Gasteiger partial charge in [-0.1, -0.05) is 30.9 Å². The van der Waals surface area contributed by atoms with Crippen LogP contribution in [-0.4, -0.2) is 24.2 Å². The summed E-state index contributed by atoms with van der Waals surface area (Å²) < 4.78 is 5.65. The number of ether oxygens (including phenoxy) is 1. The monoisotopic (exact) mass is 263 g/mol. The first-order chi connectivity index (χ1) is 8.90. The maximum absolute atomic E-state index is 5.65. The van der Waals surface area contributed by atoms with Gasteiger partial charge in [-0.3, -0.25) is 0 Å². The molecule has 3 heteroatoms. The van der Waals surface area contributed by atoms with E-state index in [2.05, 4.69) is 35.8 Å². The van der Waals surface area contributed by atoms with Gasteiger partial charge < -0.3 is 10.1 Å². The summed E-state index contributed by atoms with van der Waals surface area (Å²) in [5.74, 6) is 2.29. The lowest BCUT2D eigenvalue weighted by Gasteiger charge is -2.13. The number of hydrogen-bond donors (Lipinski definition) is 1. The number of thioether (sulfide) groups is 1. The lowest BCUT2D eigenvalue weighted by Crippen LogP contribution is -2.22. The lowest BCUT2D eigenvalue weighted by atomic mass is 10.2. The average molecular weight is 263 g/mol. The van der Waals surface area contributed by atoms with Crippen molar-refractivity contribution < 1.29 is 4.74 Å². The van der Waals surface area contributed by atoms with Crippen molar-refractivity contribution in [1.29, 1.82) is 0 Å². The molecule has 1 aromatic carbocycles. The molecule has 1 N–H and O–H groups in total. The summed E-state index contributed by atoms with van der Waals surface area (Å²) in [7, 11) is 0. The standard InChI is InChI=1S/C15H21NOS/c1-2-9-17-15-8-4-3-6-13(15)11-16-12-14-7-5-10-18-14/h2-4,6,8,14,16H,1,5,7,9-12H2. The Kier molecular flexibility index (Phi) is 5.62. The molecule has 2 nitrogen and oxygen atoms in total. The van der Waals surface area contributed by atoms with E-state index in [0.29, 0.717) is 6.61 Å². The summed E-state index contributed by atoms with van der Waals surface area (Å²) in [6.45, 7) is 6.22. The third-order valence-corrected chi connectivity index (χ3v) is 4.44. The van der Waals surface area contributed by atoms with Crippen molar-refractivity contribution in [2.24, 2.45) is 0 Å². The molecule has 1 aromatic rings. The van der Waals surface area contributed by atoms with Crippen LogP contribution in [0.25, 0.3) is 0 Å². The zero-order valence-electron chi connectivity index (χ0n) is 10.7. The Labute approximate surface area is 114 Å². The van der Waals surface area contributed by atoms with Gasteiger partial charge in [-0.15, -0.1) is 0 Å². The second kappa shape index (κ2) is 7.49. The highest BCUT2D eigenvalue weighted by Crippen LogP contribution is 2.25. The molecule has 1 heterocycles. The Morgan fingerprint density at radius 2 is 2.33 bits per heavy atom. The maximum atomic E-state index is 5.65. The van der Waals surface area contributed by atoms with Crippen molar-refractivity contribution in [3.8, 4) is 5.75 Å². The zero-order chi connectivity index (χ0) is 12.6. The molecule has 0 spiro atoms. The topological polar surface area (TPSA) is 21.3 Å². The molecular weight excluding hydrogens is 242 g/mol. The van der Waals surface area contributed by atoms with Crippen LogP contribution in [0.3, 0.4) is 0 Å². The van der Waals surface area contributed by atoms with Crippen LogP contribution in [-0.2, 0) is 6.54 Å². The fourth-order valence-corrected chi connectivity index (χ4v) is 3.35. The van der Waals surface area contributed by atoms with E-state index in [1.165, 1.54) is 24.2 Å². The summed E-state index contributed by atoms with van der Waals surface area (Å²) in [6, 6.07) is 8.20. The molecule has 1 unspecified atom stereocenters. The average Bonchev–Trinajstić information content (AvgIpc) is 2.91. The van der Waals surface area contributed by atoms with Crippen LogP contribution in [0.15, 0.2) is 36.9 Å². The first kappa shape index (κ1) is 13.5. The molecule has 0 amide bonds. The highest BCUT2D eigenvalue weighted by molar-refractivity contribution is 8.00. The Balaban J connectivity index is 1.81. The van der Waals surface area contributed by atoms with Crippen molar-refractivity contribution in [2.75, 3.05) is 18.9 Å². The van der Waals surface area contributed by atoms with Crippen LogP contribution in [0, 0.1) is 0 Å². The summed E-state index contributed by atoms with van der Waals surface area (Å²) in [5.41, 5.74) is 1.22. The molecule has 0 aromatic heterocycles.